The van der Waals surface area contributed by atoms with Gasteiger partial charge in [0.05, 0.1) is 25.7 Å². The van der Waals surface area contributed by atoms with Gasteiger partial charge in [-0.25, -0.2) is 8.42 Å². The Kier molecular flexibility index (Phi) is 12.2. The minimum absolute atomic E-state index is 0.0194. The number of guanidine groups is 1. The standard InChI is InChI=1S/C34H36N6O7S/c1-24-12-11-17-28(22-24)48(43,44)39-29-19-18-25(2)40(33(29)42)23-30(41)35-20-21-47-38-34(36-31(45-3)26-13-7-5-8-14-26)37-32(46-4)27-15-9-6-10-16-27/h5-19,22,39H,20-21,23H2,1-4H3,(H,35,41)/b36-31+,37-32+. The summed E-state index contributed by atoms with van der Waals surface area (Å²) in [6.07, 6.45) is 0. The third kappa shape index (κ3) is 9.62. The van der Waals surface area contributed by atoms with Crippen LogP contribution < -0.4 is 15.6 Å². The van der Waals surface area contributed by atoms with Crippen molar-refractivity contribution in [1.29, 1.82) is 0 Å². The number of amides is 1. The number of oxime groups is 1. The second-order valence-corrected chi connectivity index (χ2v) is 11.9. The van der Waals surface area contributed by atoms with Crippen molar-refractivity contribution in [1.82, 2.24) is 9.88 Å². The third-order valence-electron chi connectivity index (χ3n) is 6.73. The first kappa shape index (κ1) is 35.1. The van der Waals surface area contributed by atoms with Gasteiger partial charge in [-0.05, 0) is 73.1 Å². The van der Waals surface area contributed by atoms with E-state index in [9.17, 15) is 18.0 Å². The first-order chi connectivity index (χ1) is 23.1. The second kappa shape index (κ2) is 16.7. The van der Waals surface area contributed by atoms with E-state index in [1.54, 1.807) is 32.0 Å². The summed E-state index contributed by atoms with van der Waals surface area (Å²) in [4.78, 5) is 40.2. The van der Waals surface area contributed by atoms with Crippen molar-refractivity contribution < 1.29 is 27.5 Å². The van der Waals surface area contributed by atoms with E-state index in [2.05, 4.69) is 25.2 Å². The molecule has 0 unspecified atom stereocenters. The predicted molar refractivity (Wildman–Crippen MR) is 184 cm³/mol. The number of nitrogens with one attached hydrogen (secondary N) is 2. The number of ether oxygens (including phenoxy) is 2. The molecule has 1 aromatic heterocycles. The molecule has 0 aliphatic carbocycles. The zero-order valence-electron chi connectivity index (χ0n) is 26.9. The summed E-state index contributed by atoms with van der Waals surface area (Å²) in [6, 6.07) is 27.6. The molecule has 0 aliphatic heterocycles. The van der Waals surface area contributed by atoms with Gasteiger partial charge >= 0.3 is 0 Å². The smallest absolute Gasteiger partial charge is 0.292 e. The summed E-state index contributed by atoms with van der Waals surface area (Å²) in [6.45, 7) is 3.02. The number of aromatic nitrogens is 1. The first-order valence-corrected chi connectivity index (χ1v) is 16.2. The lowest BCUT2D eigenvalue weighted by Crippen LogP contribution is -2.35. The molecule has 0 saturated carbocycles. The molecular formula is C34H36N6O7S. The first-order valence-electron chi connectivity index (χ1n) is 14.7. The number of pyridine rings is 1. The van der Waals surface area contributed by atoms with E-state index < -0.39 is 21.5 Å². The summed E-state index contributed by atoms with van der Waals surface area (Å²) in [5, 5.41) is 6.71. The summed E-state index contributed by atoms with van der Waals surface area (Å²) in [7, 11) is -1.08. The maximum atomic E-state index is 13.2. The lowest BCUT2D eigenvalue weighted by atomic mass is 10.2. The molecular weight excluding hydrogens is 636 g/mol. The Morgan fingerprint density at radius 2 is 1.42 bits per heavy atom. The average Bonchev–Trinajstić information content (AvgIpc) is 3.09. The molecule has 2 N–H and O–H groups in total. The van der Waals surface area contributed by atoms with Crippen molar-refractivity contribution in [3.63, 3.8) is 0 Å². The molecule has 4 rings (SSSR count). The minimum Gasteiger partial charge on any atom is -0.480 e. The molecule has 0 radical (unpaired) electrons. The van der Waals surface area contributed by atoms with Crippen LogP contribution in [0, 0.1) is 13.8 Å². The molecule has 1 heterocycles. The van der Waals surface area contributed by atoms with Crippen molar-refractivity contribution in [2.24, 2.45) is 15.1 Å². The number of carbonyl (C=O) groups is 1. The summed E-state index contributed by atoms with van der Waals surface area (Å²) in [5.41, 5.74) is 1.74. The Morgan fingerprint density at radius 3 is 1.98 bits per heavy atom. The van der Waals surface area contributed by atoms with Gasteiger partial charge in [0, 0.05) is 16.8 Å². The van der Waals surface area contributed by atoms with Gasteiger partial charge in [0.25, 0.3) is 21.5 Å². The van der Waals surface area contributed by atoms with Gasteiger partial charge in [-0.1, -0.05) is 48.5 Å². The monoisotopic (exact) mass is 672 g/mol. The molecule has 0 aliphatic rings. The van der Waals surface area contributed by atoms with E-state index in [1.165, 1.54) is 37.0 Å². The van der Waals surface area contributed by atoms with E-state index in [0.717, 1.165) is 5.56 Å². The number of rotatable bonds is 11. The van der Waals surface area contributed by atoms with Gasteiger partial charge in [-0.3, -0.25) is 14.3 Å². The van der Waals surface area contributed by atoms with Gasteiger partial charge in [0.1, 0.15) is 18.8 Å². The van der Waals surface area contributed by atoms with Gasteiger partial charge in [-0.2, -0.15) is 9.98 Å². The molecule has 4 aromatic rings. The lowest BCUT2D eigenvalue weighted by Gasteiger charge is -2.13. The largest absolute Gasteiger partial charge is 0.480 e. The van der Waals surface area contributed by atoms with Crippen molar-refractivity contribution >= 4 is 39.4 Å². The Morgan fingerprint density at radius 1 is 0.812 bits per heavy atom. The van der Waals surface area contributed by atoms with E-state index in [0.29, 0.717) is 16.8 Å². The van der Waals surface area contributed by atoms with Gasteiger partial charge in [0.15, 0.2) is 0 Å². The molecule has 0 fully saturated rings. The topological polar surface area (TPSA) is 162 Å². The fourth-order valence-electron chi connectivity index (χ4n) is 4.34. The Balaban J connectivity index is 1.44. The van der Waals surface area contributed by atoms with E-state index in [-0.39, 0.29) is 48.0 Å². The van der Waals surface area contributed by atoms with Crippen LogP contribution in [0.15, 0.2) is 122 Å². The van der Waals surface area contributed by atoms with Crippen molar-refractivity contribution in [2.75, 3.05) is 32.1 Å². The molecule has 0 saturated heterocycles. The fourth-order valence-corrected chi connectivity index (χ4v) is 5.50. The molecule has 0 bridgehead atoms. The van der Waals surface area contributed by atoms with Crippen molar-refractivity contribution in [3.8, 4) is 0 Å². The van der Waals surface area contributed by atoms with E-state index in [1.807, 2.05) is 60.7 Å². The van der Waals surface area contributed by atoms with Gasteiger partial charge < -0.3 is 24.2 Å². The number of aliphatic imine (C=N–C) groups is 2. The van der Waals surface area contributed by atoms with Crippen LogP contribution in [-0.4, -0.2) is 64.0 Å². The average molecular weight is 673 g/mol. The quantitative estimate of drug-likeness (QED) is 0.106. The third-order valence-corrected chi connectivity index (χ3v) is 8.09. The zero-order chi connectivity index (χ0) is 34.5. The van der Waals surface area contributed by atoms with Crippen LogP contribution in [0.4, 0.5) is 5.69 Å². The molecule has 3 aromatic carbocycles. The molecule has 48 heavy (non-hydrogen) atoms. The van der Waals surface area contributed by atoms with E-state index >= 15 is 0 Å². The highest BCUT2D eigenvalue weighted by Gasteiger charge is 2.18. The molecule has 0 atom stereocenters. The molecule has 0 spiro atoms. The highest BCUT2D eigenvalue weighted by atomic mass is 32.2. The second-order valence-electron chi connectivity index (χ2n) is 10.3. The molecule has 13 nitrogen and oxygen atoms in total. The number of nitrogens with zero attached hydrogens (tertiary/aromatic N) is 4. The number of hydrogen-bond donors (Lipinski definition) is 2. The van der Waals surface area contributed by atoms with Crippen LogP contribution in [0.1, 0.15) is 22.4 Å². The molecule has 14 heteroatoms. The number of methoxy groups -OCH3 is 2. The molecule has 250 valence electrons. The fraction of sp³-hybridized carbons (Fsp3) is 0.206. The number of hydrogen-bond acceptors (Lipinski definition) is 8. The van der Waals surface area contributed by atoms with Crippen LogP contribution in [0.25, 0.3) is 0 Å². The Hall–Kier alpha value is -5.76. The number of benzene rings is 3. The summed E-state index contributed by atoms with van der Waals surface area (Å²) < 4.78 is 40.2. The lowest BCUT2D eigenvalue weighted by molar-refractivity contribution is -0.122. The van der Waals surface area contributed by atoms with Crippen LogP contribution in [0.3, 0.4) is 0 Å². The number of sulfonamides is 1. The van der Waals surface area contributed by atoms with Crippen LogP contribution in [0.2, 0.25) is 0 Å². The predicted octanol–water partition coefficient (Wildman–Crippen LogP) is 3.86. The highest BCUT2D eigenvalue weighted by Crippen LogP contribution is 2.15. The number of aryl methyl sites for hydroxylation is 2. The molecule has 1 amide bonds. The number of carbonyl (C=O) groups excluding carboxylic acids is 1. The van der Waals surface area contributed by atoms with Crippen molar-refractivity contribution in [2.45, 2.75) is 25.3 Å². The van der Waals surface area contributed by atoms with E-state index in [4.69, 9.17) is 14.3 Å². The maximum absolute atomic E-state index is 13.2. The SMILES string of the molecule is CO/C(=N/C(=NOCCNC(=O)Cn1c(C)ccc(NS(=O)(=O)c2cccc(C)c2)c1=O)/N=C(/OC)c1ccccc1)c1ccccc1. The highest BCUT2D eigenvalue weighted by molar-refractivity contribution is 7.92. The zero-order valence-corrected chi connectivity index (χ0v) is 27.7. The van der Waals surface area contributed by atoms with Crippen LogP contribution in [0.5, 0.6) is 0 Å². The Bertz CT molecular complexity index is 1920. The Labute approximate surface area is 278 Å². The van der Waals surface area contributed by atoms with Gasteiger partial charge in [-0.15, -0.1) is 0 Å². The van der Waals surface area contributed by atoms with Crippen LogP contribution >= 0.6 is 0 Å². The minimum atomic E-state index is -4.02. The summed E-state index contributed by atoms with van der Waals surface area (Å²) >= 11 is 0. The summed E-state index contributed by atoms with van der Waals surface area (Å²) in [5.74, 6) is -0.125. The van der Waals surface area contributed by atoms with Crippen LogP contribution in [-0.2, 0) is 35.7 Å². The normalized spacial score (nSPS) is 11.8. The number of anilines is 1. The van der Waals surface area contributed by atoms with Gasteiger partial charge in [0.2, 0.25) is 17.7 Å². The van der Waals surface area contributed by atoms with Crippen molar-refractivity contribution in [3.05, 3.63) is 130 Å². The maximum Gasteiger partial charge on any atom is 0.292 e.